The molecule has 2 aliphatic heterocycles. The Bertz CT molecular complexity index is 1400. The van der Waals surface area contributed by atoms with Crippen LogP contribution in [0.25, 0.3) is 0 Å². The molecule has 0 saturated carbocycles. The Kier molecular flexibility index (Phi) is 15.2. The molecule has 2 amide bonds. The third-order valence-electron chi connectivity index (χ3n) is 5.71. The van der Waals surface area contributed by atoms with Gasteiger partial charge < -0.3 is 46.0 Å². The summed E-state index contributed by atoms with van der Waals surface area (Å²) in [7, 11) is -4.66. The lowest BCUT2D eigenvalue weighted by Crippen LogP contribution is -2.35. The van der Waals surface area contributed by atoms with Gasteiger partial charge in [0.1, 0.15) is 12.2 Å². The molecule has 244 valence electrons. The largest absolute Gasteiger partial charge is 0.469 e. The summed E-state index contributed by atoms with van der Waals surface area (Å²) in [5.41, 5.74) is 7.54. The van der Waals surface area contributed by atoms with Crippen LogP contribution in [0.15, 0.2) is 34.4 Å². The molecule has 9 N–H and O–H groups in total. The second kappa shape index (κ2) is 16.5. The number of hydrogen-bond acceptors (Lipinski definition) is 13. The Balaban J connectivity index is 0.000000779. The number of amides is 2. The number of primary amides is 2. The fraction of sp³-hybridized carbons (Fsp3) is 0.565. The van der Waals surface area contributed by atoms with E-state index in [2.05, 4.69) is 14.5 Å². The first-order valence-corrected chi connectivity index (χ1v) is 13.0. The monoisotopic (exact) mass is 638 g/mol. The van der Waals surface area contributed by atoms with Gasteiger partial charge in [-0.2, -0.15) is 0 Å². The second-order valence-electron chi connectivity index (χ2n) is 8.58. The average Bonchev–Trinajstić information content (AvgIpc) is 3.44. The number of nitrogens with zero attached hydrogens (tertiary/aromatic N) is 4. The molecule has 43 heavy (non-hydrogen) atoms. The Labute approximate surface area is 245 Å². The molecular weight excluding hydrogens is 599 g/mol. The van der Waals surface area contributed by atoms with Crippen molar-refractivity contribution in [2.75, 3.05) is 13.2 Å². The normalized spacial score (nSPS) is 24.4. The van der Waals surface area contributed by atoms with Crippen molar-refractivity contribution in [3.05, 3.63) is 56.9 Å². The highest BCUT2D eigenvalue weighted by atomic mass is 31.2. The Morgan fingerprint density at radius 3 is 1.63 bits per heavy atom. The minimum Gasteiger partial charge on any atom is -0.394 e. The lowest BCUT2D eigenvalue weighted by atomic mass is 10.2. The number of carbonyl (C=O) groups is 2. The van der Waals surface area contributed by atoms with Crippen LogP contribution in [0.1, 0.15) is 68.6 Å². The first-order valence-electron chi connectivity index (χ1n) is 11.4. The van der Waals surface area contributed by atoms with E-state index in [1.54, 1.807) is 0 Å². The van der Waals surface area contributed by atoms with Gasteiger partial charge in [0.05, 0.1) is 25.4 Å². The number of carbonyl (C=O) groups excluding carboxylic acids is 2. The van der Waals surface area contributed by atoms with E-state index in [1.807, 2.05) is 0 Å². The van der Waals surface area contributed by atoms with Crippen molar-refractivity contribution in [2.24, 2.45) is 11.5 Å². The number of aliphatic hydroxyl groups excluding tert-OH is 3. The number of nitrogens with two attached hydrogens (primary N) is 2. The number of rotatable bonds is 8. The Morgan fingerprint density at radius 2 is 1.28 bits per heavy atom. The van der Waals surface area contributed by atoms with Crippen molar-refractivity contribution in [2.45, 2.75) is 72.0 Å². The summed E-state index contributed by atoms with van der Waals surface area (Å²) in [6.45, 7) is -0.712. The highest BCUT2D eigenvalue weighted by molar-refractivity contribution is 7.46. The maximum absolute atomic E-state index is 12.0. The van der Waals surface area contributed by atoms with Crippen LogP contribution >= 0.6 is 7.82 Å². The van der Waals surface area contributed by atoms with Crippen LogP contribution in [0.5, 0.6) is 0 Å². The van der Waals surface area contributed by atoms with Gasteiger partial charge in [0.15, 0.2) is 23.8 Å². The molecule has 2 aliphatic rings. The van der Waals surface area contributed by atoms with Gasteiger partial charge in [0.2, 0.25) is 0 Å². The second-order valence-corrected chi connectivity index (χ2v) is 9.82. The Morgan fingerprint density at radius 1 is 0.884 bits per heavy atom. The van der Waals surface area contributed by atoms with E-state index in [-0.39, 0.29) is 41.7 Å². The van der Waals surface area contributed by atoms with Gasteiger partial charge in [0, 0.05) is 37.6 Å². The summed E-state index contributed by atoms with van der Waals surface area (Å²) < 4.78 is 27.6. The predicted molar refractivity (Wildman–Crippen MR) is 148 cm³/mol. The van der Waals surface area contributed by atoms with Crippen molar-refractivity contribution in [3.8, 4) is 0 Å². The Hall–Kier alpha value is -3.39. The number of phosphoric acid groups is 1. The van der Waals surface area contributed by atoms with Gasteiger partial charge in [0.25, 0.3) is 22.9 Å². The van der Waals surface area contributed by atoms with E-state index >= 15 is 0 Å². The van der Waals surface area contributed by atoms with Gasteiger partial charge in [-0.15, -0.1) is 0 Å². The molecule has 20 heteroatoms. The summed E-state index contributed by atoms with van der Waals surface area (Å²) in [6, 6.07) is 0. The molecule has 6 atom stereocenters. The van der Waals surface area contributed by atoms with Crippen molar-refractivity contribution < 1.29 is 53.3 Å². The first kappa shape index (κ1) is 39.6. The zero-order valence-corrected chi connectivity index (χ0v) is 21.4. The smallest absolute Gasteiger partial charge is 0.394 e. The third-order valence-corrected chi connectivity index (χ3v) is 6.20. The van der Waals surface area contributed by atoms with E-state index in [0.29, 0.717) is 0 Å². The van der Waals surface area contributed by atoms with Gasteiger partial charge in [-0.1, -0.05) is 22.3 Å². The van der Waals surface area contributed by atoms with Crippen LogP contribution < -0.4 is 22.6 Å². The highest BCUT2D eigenvalue weighted by Crippen LogP contribution is 2.38. The topological polar surface area (TPSA) is 302 Å². The van der Waals surface area contributed by atoms with Crippen LogP contribution in [0, 0.1) is 0 Å². The van der Waals surface area contributed by atoms with Gasteiger partial charge in [-0.25, -0.2) is 14.5 Å². The zero-order valence-electron chi connectivity index (χ0n) is 20.5. The molecular formula is C23H39N6O13P. The van der Waals surface area contributed by atoms with Crippen molar-refractivity contribution in [1.29, 1.82) is 0 Å². The summed E-state index contributed by atoms with van der Waals surface area (Å²) in [4.78, 5) is 70.4. The molecule has 0 radical (unpaired) electrons. The van der Waals surface area contributed by atoms with Crippen LogP contribution in [0.3, 0.4) is 0 Å². The van der Waals surface area contributed by atoms with Crippen molar-refractivity contribution >= 4 is 19.6 Å². The van der Waals surface area contributed by atoms with Crippen LogP contribution in [-0.2, 0) is 18.6 Å². The third kappa shape index (κ3) is 9.82. The molecule has 2 fully saturated rings. The maximum atomic E-state index is 12.0. The molecule has 2 aromatic rings. The average molecular weight is 639 g/mol. The minimum absolute atomic E-state index is 0. The standard InChI is InChI=1S/C10H14N3O8P.C10H13N3O5.3CH4/c11-8(15)7-9(16)13(2-1-12-7)10-6(14)3-5(21-10)4-20-22(17,18)19;11-8(16)7-9(17)13(2-1-12-7)10-6(15)3-5(4-14)18-10;;;/h1-2,5-6,10,14H,3-4H2,(H2,11,15)(H2,17,18,19);1-2,5-6,10,14-15H,3-4H2,(H2,11,16);3*1H4/t2*5-,6+,10+;;;/m00.../s1. The fourth-order valence-electron chi connectivity index (χ4n) is 3.95. The van der Waals surface area contributed by atoms with Crippen LogP contribution in [-0.4, -0.2) is 93.7 Å². The maximum Gasteiger partial charge on any atom is 0.469 e. The summed E-state index contributed by atoms with van der Waals surface area (Å²) in [5, 5.41) is 28.6. The van der Waals surface area contributed by atoms with Crippen molar-refractivity contribution in [3.63, 3.8) is 0 Å². The molecule has 0 aliphatic carbocycles. The number of ether oxygens (including phenoxy) is 2. The zero-order chi connectivity index (χ0) is 29.8. The van der Waals surface area contributed by atoms with Crippen LogP contribution in [0.2, 0.25) is 0 Å². The minimum atomic E-state index is -4.66. The highest BCUT2D eigenvalue weighted by Gasteiger charge is 2.38. The first-order chi connectivity index (χ1) is 18.7. The lowest BCUT2D eigenvalue weighted by Gasteiger charge is -2.18. The number of aromatic nitrogens is 4. The van der Waals surface area contributed by atoms with E-state index in [9.17, 15) is 34.0 Å². The predicted octanol–water partition coefficient (Wildman–Crippen LogP) is -2.01. The van der Waals surface area contributed by atoms with E-state index in [1.165, 1.54) is 18.6 Å². The van der Waals surface area contributed by atoms with E-state index < -0.39 is 85.6 Å². The summed E-state index contributed by atoms with van der Waals surface area (Å²) in [5.74, 6) is -1.96. The summed E-state index contributed by atoms with van der Waals surface area (Å²) in [6.07, 6.45) is -0.457. The lowest BCUT2D eigenvalue weighted by molar-refractivity contribution is -0.0525. The molecule has 4 rings (SSSR count). The van der Waals surface area contributed by atoms with E-state index in [4.69, 9.17) is 35.8 Å². The number of hydrogen-bond donors (Lipinski definition) is 7. The van der Waals surface area contributed by atoms with E-state index in [0.717, 1.165) is 15.3 Å². The van der Waals surface area contributed by atoms with Gasteiger partial charge in [-0.3, -0.25) is 32.8 Å². The molecule has 0 spiro atoms. The molecule has 0 aromatic carbocycles. The SMILES string of the molecule is C.C.C.NC(=O)c1nccn([C@@H]2O[C@H](CO)C[C@H]2O)c1=O.NC(=O)c1nccn([C@@H]2O[C@H](COP(=O)(O)O)C[C@H]2O)c1=O. The molecule has 0 unspecified atom stereocenters. The van der Waals surface area contributed by atoms with Gasteiger partial charge >= 0.3 is 7.82 Å². The number of phosphoric ester groups is 1. The van der Waals surface area contributed by atoms with Crippen molar-refractivity contribution in [1.82, 2.24) is 19.1 Å². The molecule has 4 heterocycles. The molecule has 0 bridgehead atoms. The quantitative estimate of drug-likeness (QED) is 0.154. The number of aliphatic hydroxyl groups is 3. The molecule has 19 nitrogen and oxygen atoms in total. The fourth-order valence-corrected chi connectivity index (χ4v) is 4.31. The van der Waals surface area contributed by atoms with Crippen LogP contribution in [0.4, 0.5) is 0 Å². The molecule has 2 aromatic heterocycles. The summed E-state index contributed by atoms with van der Waals surface area (Å²) >= 11 is 0. The molecule has 2 saturated heterocycles. The van der Waals surface area contributed by atoms with Gasteiger partial charge in [-0.05, 0) is 0 Å².